The maximum Gasteiger partial charge on any atom is 0.356 e. The largest absolute Gasteiger partial charge is 0.356 e. The van der Waals surface area contributed by atoms with Crippen LogP contribution in [-0.2, 0) is 13.6 Å². The van der Waals surface area contributed by atoms with Crippen LogP contribution in [0.4, 0.5) is 11.4 Å². The van der Waals surface area contributed by atoms with E-state index in [1.54, 1.807) is 18.2 Å². The molecule has 0 aliphatic rings. The summed E-state index contributed by atoms with van der Waals surface area (Å²) in [5.41, 5.74) is -1.22. The summed E-state index contributed by atoms with van der Waals surface area (Å²) in [7, 11) is -1.62. The van der Waals surface area contributed by atoms with Crippen molar-refractivity contribution < 1.29 is 28.3 Å². The SMILES string of the molecule is COP(=O)(OC)[C@@H](NC(=O)c1cc([N+](=O)[O-])cc([N+](=O)[O-])c1)c1ccc2ccccc2c1. The third kappa shape index (κ3) is 4.65. The molecule has 11 nitrogen and oxygen atoms in total. The summed E-state index contributed by atoms with van der Waals surface area (Å²) in [6, 6.07) is 15.0. The lowest BCUT2D eigenvalue weighted by molar-refractivity contribution is -0.394. The summed E-state index contributed by atoms with van der Waals surface area (Å²) in [6.45, 7) is 0. The molecular weight excluding hydrogens is 441 g/mol. The Kier molecular flexibility index (Phi) is 6.64. The van der Waals surface area contributed by atoms with Gasteiger partial charge in [0.15, 0.2) is 5.78 Å². The number of hydrogen-bond donors (Lipinski definition) is 1. The number of non-ortho nitro benzene ring substituents is 2. The van der Waals surface area contributed by atoms with Crippen molar-refractivity contribution in [2.45, 2.75) is 5.78 Å². The zero-order valence-electron chi connectivity index (χ0n) is 17.0. The molecule has 3 rings (SSSR count). The maximum atomic E-state index is 13.2. The Morgan fingerprint density at radius 2 is 1.47 bits per heavy atom. The van der Waals surface area contributed by atoms with Crippen LogP contribution in [0, 0.1) is 20.2 Å². The van der Waals surface area contributed by atoms with E-state index in [9.17, 15) is 29.6 Å². The van der Waals surface area contributed by atoms with Crippen LogP contribution < -0.4 is 5.32 Å². The fourth-order valence-electron chi connectivity index (χ4n) is 3.15. The molecule has 0 radical (unpaired) electrons. The minimum absolute atomic E-state index is 0.351. The lowest BCUT2D eigenvalue weighted by Gasteiger charge is -2.26. The van der Waals surface area contributed by atoms with Gasteiger partial charge in [-0.3, -0.25) is 29.6 Å². The van der Waals surface area contributed by atoms with Gasteiger partial charge in [-0.15, -0.1) is 0 Å². The first-order valence-corrected chi connectivity index (χ1v) is 10.7. The molecule has 12 heteroatoms. The van der Waals surface area contributed by atoms with Gasteiger partial charge in [0.2, 0.25) is 0 Å². The number of fused-ring (bicyclic) bond motifs is 1. The third-order valence-electron chi connectivity index (χ3n) is 4.77. The quantitative estimate of drug-likeness (QED) is 0.292. The van der Waals surface area contributed by atoms with E-state index in [1.807, 2.05) is 24.3 Å². The molecule has 0 aliphatic heterocycles. The highest BCUT2D eigenvalue weighted by atomic mass is 31.2. The normalized spacial score (nSPS) is 12.3. The van der Waals surface area contributed by atoms with Crippen LogP contribution in [-0.4, -0.2) is 30.0 Å². The molecule has 0 aliphatic carbocycles. The van der Waals surface area contributed by atoms with Gasteiger partial charge in [0.25, 0.3) is 17.3 Å². The van der Waals surface area contributed by atoms with Gasteiger partial charge in [0.05, 0.1) is 21.5 Å². The predicted octanol–water partition coefficient (Wildman–Crippen LogP) is 4.57. The molecule has 0 heterocycles. The molecule has 0 saturated carbocycles. The second-order valence-corrected chi connectivity index (χ2v) is 8.97. The maximum absolute atomic E-state index is 13.2. The van der Waals surface area contributed by atoms with E-state index in [0.29, 0.717) is 5.56 Å². The van der Waals surface area contributed by atoms with Gasteiger partial charge >= 0.3 is 7.60 Å². The Balaban J connectivity index is 2.07. The number of nitro groups is 2. The molecule has 0 unspecified atom stereocenters. The average Bonchev–Trinajstić information content (AvgIpc) is 2.81. The molecule has 1 atom stereocenters. The molecule has 32 heavy (non-hydrogen) atoms. The van der Waals surface area contributed by atoms with E-state index in [0.717, 1.165) is 43.2 Å². The highest BCUT2D eigenvalue weighted by Crippen LogP contribution is 2.58. The fourth-order valence-corrected chi connectivity index (χ4v) is 4.52. The first-order valence-electron chi connectivity index (χ1n) is 9.13. The van der Waals surface area contributed by atoms with Crippen molar-refractivity contribution in [3.63, 3.8) is 0 Å². The summed E-state index contributed by atoms with van der Waals surface area (Å²) >= 11 is 0. The van der Waals surface area contributed by atoms with E-state index in [1.165, 1.54) is 0 Å². The van der Waals surface area contributed by atoms with Crippen LogP contribution in [0.25, 0.3) is 10.8 Å². The molecule has 1 N–H and O–H groups in total. The Morgan fingerprint density at radius 1 is 0.906 bits per heavy atom. The number of rotatable bonds is 8. The molecule has 0 saturated heterocycles. The van der Waals surface area contributed by atoms with Crippen LogP contribution in [0.2, 0.25) is 0 Å². The minimum Gasteiger partial charge on any atom is -0.334 e. The molecule has 0 aromatic heterocycles. The Hall–Kier alpha value is -3.66. The zero-order chi connectivity index (χ0) is 23.5. The second-order valence-electron chi connectivity index (χ2n) is 6.64. The molecule has 0 spiro atoms. The number of benzene rings is 3. The highest BCUT2D eigenvalue weighted by molar-refractivity contribution is 7.54. The fraction of sp³-hybridized carbons (Fsp3) is 0.150. The molecule has 0 bridgehead atoms. The topological polar surface area (TPSA) is 151 Å². The van der Waals surface area contributed by atoms with Crippen molar-refractivity contribution in [3.8, 4) is 0 Å². The van der Waals surface area contributed by atoms with Crippen molar-refractivity contribution in [1.29, 1.82) is 0 Å². The van der Waals surface area contributed by atoms with E-state index < -0.39 is 40.5 Å². The van der Waals surface area contributed by atoms with Crippen molar-refractivity contribution in [1.82, 2.24) is 5.32 Å². The van der Waals surface area contributed by atoms with Gasteiger partial charge in [-0.25, -0.2) is 0 Å². The Morgan fingerprint density at radius 3 is 2.00 bits per heavy atom. The predicted molar refractivity (Wildman–Crippen MR) is 116 cm³/mol. The smallest absolute Gasteiger partial charge is 0.334 e. The van der Waals surface area contributed by atoms with Crippen LogP contribution in [0.1, 0.15) is 21.7 Å². The Labute approximate surface area is 181 Å². The molecule has 3 aromatic rings. The van der Waals surface area contributed by atoms with Gasteiger partial charge in [0.1, 0.15) is 0 Å². The number of nitrogens with zero attached hydrogens (tertiary/aromatic N) is 2. The molecular formula is C20H18N3O8P. The van der Waals surface area contributed by atoms with E-state index in [-0.39, 0.29) is 5.56 Å². The van der Waals surface area contributed by atoms with Crippen molar-refractivity contribution >= 4 is 35.7 Å². The van der Waals surface area contributed by atoms with Gasteiger partial charge in [-0.2, -0.15) is 0 Å². The van der Waals surface area contributed by atoms with E-state index in [2.05, 4.69) is 5.32 Å². The summed E-state index contributed by atoms with van der Waals surface area (Å²) in [6.07, 6.45) is 0. The number of hydrogen-bond acceptors (Lipinski definition) is 8. The minimum atomic E-state index is -3.93. The van der Waals surface area contributed by atoms with Crippen LogP contribution >= 0.6 is 7.60 Å². The summed E-state index contributed by atoms with van der Waals surface area (Å²) in [4.78, 5) is 33.5. The highest BCUT2D eigenvalue weighted by Gasteiger charge is 2.37. The van der Waals surface area contributed by atoms with Gasteiger partial charge in [-0.1, -0.05) is 36.4 Å². The number of amides is 1. The second kappa shape index (κ2) is 9.23. The van der Waals surface area contributed by atoms with Crippen LogP contribution in [0.5, 0.6) is 0 Å². The van der Waals surface area contributed by atoms with E-state index >= 15 is 0 Å². The van der Waals surface area contributed by atoms with Crippen molar-refractivity contribution in [2.24, 2.45) is 0 Å². The van der Waals surface area contributed by atoms with Gasteiger partial charge in [0, 0.05) is 26.4 Å². The zero-order valence-corrected chi connectivity index (χ0v) is 17.9. The average molecular weight is 459 g/mol. The number of nitro benzene ring substituents is 2. The van der Waals surface area contributed by atoms with Crippen molar-refractivity contribution in [3.05, 3.63) is 92.0 Å². The molecule has 1 amide bonds. The number of carbonyl (C=O) groups excluding carboxylic acids is 1. The number of carbonyl (C=O) groups is 1. The lowest BCUT2D eigenvalue weighted by Crippen LogP contribution is -2.29. The first-order chi connectivity index (χ1) is 15.2. The Bertz CT molecular complexity index is 1220. The molecule has 166 valence electrons. The summed E-state index contributed by atoms with van der Waals surface area (Å²) in [5.74, 6) is -2.21. The third-order valence-corrected chi connectivity index (χ3v) is 6.85. The molecule has 0 fully saturated rings. The van der Waals surface area contributed by atoms with E-state index in [4.69, 9.17) is 9.05 Å². The lowest BCUT2D eigenvalue weighted by atomic mass is 10.1. The monoisotopic (exact) mass is 459 g/mol. The summed E-state index contributed by atoms with van der Waals surface area (Å²) < 4.78 is 23.4. The number of nitrogens with one attached hydrogen (secondary N) is 1. The van der Waals surface area contributed by atoms with Crippen LogP contribution in [0.15, 0.2) is 60.7 Å². The van der Waals surface area contributed by atoms with Gasteiger partial charge in [-0.05, 0) is 22.4 Å². The summed E-state index contributed by atoms with van der Waals surface area (Å²) in [5, 5.41) is 26.5. The van der Waals surface area contributed by atoms with Crippen molar-refractivity contribution in [2.75, 3.05) is 14.2 Å². The standard InChI is InChI=1S/C20H18N3O8P/c1-30-32(29,31-2)20(15-8-7-13-5-3-4-6-14(13)9-15)21-19(24)16-10-17(22(25)26)12-18(11-16)23(27)28/h3-12,20H,1-2H3,(H,21,24)/t20-/m1/s1. The van der Waals surface area contributed by atoms with Gasteiger partial charge < -0.3 is 14.4 Å². The van der Waals surface area contributed by atoms with Crippen LogP contribution in [0.3, 0.4) is 0 Å². The first kappa shape index (κ1) is 23.0. The molecule has 3 aromatic carbocycles.